The van der Waals surface area contributed by atoms with Crippen molar-refractivity contribution < 1.29 is 0 Å². The number of aromatic nitrogens is 4. The molecule has 0 radical (unpaired) electrons. The zero-order valence-electron chi connectivity index (χ0n) is 27.4. The van der Waals surface area contributed by atoms with Crippen LogP contribution in [0.15, 0.2) is 170 Å². The number of rotatable bonds is 5. The summed E-state index contributed by atoms with van der Waals surface area (Å²) in [5.41, 5.74) is 8.18. The predicted octanol–water partition coefficient (Wildman–Crippen LogP) is 12.3. The van der Waals surface area contributed by atoms with Gasteiger partial charge in [0.2, 0.25) is 0 Å². The Morgan fingerprint density at radius 1 is 0.333 bits per heavy atom. The van der Waals surface area contributed by atoms with Crippen molar-refractivity contribution in [2.45, 2.75) is 0 Å². The number of nitrogens with zero attached hydrogens (tertiary/aromatic N) is 4. The van der Waals surface area contributed by atoms with Gasteiger partial charge in [-0.1, -0.05) is 158 Å². The number of hydrogen-bond donors (Lipinski definition) is 0. The molecule has 0 fully saturated rings. The van der Waals surface area contributed by atoms with Crippen LogP contribution in [0.5, 0.6) is 0 Å². The Bertz CT molecular complexity index is 2900. The first kappa shape index (κ1) is 29.4. The zero-order chi connectivity index (χ0) is 33.7. The number of benzene rings is 7. The van der Waals surface area contributed by atoms with E-state index in [1.165, 1.54) is 20.2 Å². The smallest absolute Gasteiger partial charge is 0.164 e. The van der Waals surface area contributed by atoms with Gasteiger partial charge >= 0.3 is 0 Å². The van der Waals surface area contributed by atoms with Crippen molar-refractivity contribution in [1.82, 2.24) is 19.9 Å². The Morgan fingerprint density at radius 2 is 0.902 bits per heavy atom. The van der Waals surface area contributed by atoms with Crippen molar-refractivity contribution in [1.29, 1.82) is 0 Å². The second-order valence-corrected chi connectivity index (χ2v) is 13.6. The first-order valence-electron chi connectivity index (χ1n) is 17.0. The van der Waals surface area contributed by atoms with E-state index in [1.807, 2.05) is 35.6 Å². The third kappa shape index (κ3) is 4.98. The Morgan fingerprint density at radius 3 is 1.67 bits per heavy atom. The summed E-state index contributed by atoms with van der Waals surface area (Å²) in [7, 11) is 0. The molecule has 0 N–H and O–H groups in total. The highest BCUT2D eigenvalue weighted by Crippen LogP contribution is 2.46. The van der Waals surface area contributed by atoms with Crippen LogP contribution in [0.1, 0.15) is 0 Å². The fourth-order valence-electron chi connectivity index (χ4n) is 7.20. The molecular formula is C46H28N4S. The molecule has 238 valence electrons. The Kier molecular flexibility index (Phi) is 6.96. The summed E-state index contributed by atoms with van der Waals surface area (Å²) in [6.07, 6.45) is 0. The SMILES string of the molecule is c1ccc(-c2nc(-c3ccccc3-c3ccccc3)nc(-c3cccc4sc5c(ccc6c(-c7ccccc7)nc7ccccc7c65)c34)n2)cc1. The number of hydrogen-bond acceptors (Lipinski definition) is 5. The first-order chi connectivity index (χ1) is 25.3. The van der Waals surface area contributed by atoms with E-state index in [-0.39, 0.29) is 0 Å². The van der Waals surface area contributed by atoms with E-state index in [9.17, 15) is 0 Å². The summed E-state index contributed by atoms with van der Waals surface area (Å²) in [6.45, 7) is 0. The molecule has 0 aliphatic heterocycles. The predicted molar refractivity (Wildman–Crippen MR) is 213 cm³/mol. The maximum atomic E-state index is 5.26. The summed E-state index contributed by atoms with van der Waals surface area (Å²) in [5, 5.41) is 5.85. The topological polar surface area (TPSA) is 51.6 Å². The second-order valence-electron chi connectivity index (χ2n) is 12.6. The van der Waals surface area contributed by atoms with Gasteiger partial charge in [-0.3, -0.25) is 0 Å². The molecule has 5 heteroatoms. The van der Waals surface area contributed by atoms with Crippen LogP contribution in [0, 0.1) is 0 Å². The van der Waals surface area contributed by atoms with Crippen LogP contribution in [-0.2, 0) is 0 Å². The lowest BCUT2D eigenvalue weighted by Gasteiger charge is -2.13. The van der Waals surface area contributed by atoms with E-state index in [0.29, 0.717) is 17.5 Å². The quantitative estimate of drug-likeness (QED) is 0.171. The van der Waals surface area contributed by atoms with E-state index in [1.54, 1.807) is 0 Å². The molecule has 0 unspecified atom stereocenters. The molecule has 0 spiro atoms. The summed E-state index contributed by atoms with van der Waals surface area (Å²) in [4.78, 5) is 20.7. The summed E-state index contributed by atoms with van der Waals surface area (Å²) < 4.78 is 2.42. The molecule has 0 atom stereocenters. The zero-order valence-corrected chi connectivity index (χ0v) is 28.2. The standard InChI is InChI=1S/C46H28N4S/c1-4-15-29(16-5-1)32-21-10-11-22-33(32)45-48-44(31-19-8-3-9-20-31)49-46(50-45)37-24-14-26-39-40(37)36-28-27-35-41(43(36)51-39)34-23-12-13-25-38(34)47-42(35)30-17-6-2-7-18-30/h1-28H. The molecule has 4 nitrogen and oxygen atoms in total. The van der Waals surface area contributed by atoms with Crippen LogP contribution in [0.2, 0.25) is 0 Å². The molecule has 10 aromatic rings. The van der Waals surface area contributed by atoms with Crippen LogP contribution in [0.3, 0.4) is 0 Å². The van der Waals surface area contributed by atoms with Crippen LogP contribution in [0.4, 0.5) is 0 Å². The highest BCUT2D eigenvalue weighted by atomic mass is 32.1. The molecule has 51 heavy (non-hydrogen) atoms. The highest BCUT2D eigenvalue weighted by Gasteiger charge is 2.21. The maximum Gasteiger partial charge on any atom is 0.164 e. The molecule has 0 aliphatic rings. The Balaban J connectivity index is 1.26. The Hall–Kier alpha value is -6.56. The van der Waals surface area contributed by atoms with Gasteiger partial charge in [-0.05, 0) is 23.3 Å². The lowest BCUT2D eigenvalue weighted by Crippen LogP contribution is -2.01. The molecule has 0 saturated carbocycles. The summed E-state index contributed by atoms with van der Waals surface area (Å²) in [5.74, 6) is 1.94. The van der Waals surface area contributed by atoms with Gasteiger partial charge in [-0.2, -0.15) is 0 Å². The van der Waals surface area contributed by atoms with Crippen molar-refractivity contribution >= 4 is 53.2 Å². The lowest BCUT2D eigenvalue weighted by molar-refractivity contribution is 1.08. The van der Waals surface area contributed by atoms with Crippen molar-refractivity contribution in [2.75, 3.05) is 0 Å². The summed E-state index contributed by atoms with van der Waals surface area (Å²) >= 11 is 1.82. The van der Waals surface area contributed by atoms with E-state index in [2.05, 4.69) is 146 Å². The molecule has 7 aromatic carbocycles. The normalized spacial score (nSPS) is 11.5. The molecule has 0 bridgehead atoms. The summed E-state index contributed by atoms with van der Waals surface area (Å²) in [6, 6.07) is 58.9. The van der Waals surface area contributed by atoms with Crippen molar-refractivity contribution in [2.24, 2.45) is 0 Å². The molecule has 10 rings (SSSR count). The average Bonchev–Trinajstić information content (AvgIpc) is 3.60. The molecule has 3 aromatic heterocycles. The van der Waals surface area contributed by atoms with Crippen LogP contribution < -0.4 is 0 Å². The van der Waals surface area contributed by atoms with Gasteiger partial charge in [0.05, 0.1) is 11.2 Å². The molecular weight excluding hydrogens is 641 g/mol. The van der Waals surface area contributed by atoms with Gasteiger partial charge < -0.3 is 0 Å². The van der Waals surface area contributed by atoms with Crippen molar-refractivity contribution in [3.8, 4) is 56.5 Å². The largest absolute Gasteiger partial charge is 0.247 e. The van der Waals surface area contributed by atoms with E-state index < -0.39 is 0 Å². The number of thiophene rings is 1. The minimum absolute atomic E-state index is 0.643. The molecule has 3 heterocycles. The Labute approximate surface area is 298 Å². The monoisotopic (exact) mass is 668 g/mol. The second kappa shape index (κ2) is 12.1. The van der Waals surface area contributed by atoms with E-state index in [4.69, 9.17) is 19.9 Å². The fourth-order valence-corrected chi connectivity index (χ4v) is 8.49. The third-order valence-electron chi connectivity index (χ3n) is 9.53. The van der Waals surface area contributed by atoms with Gasteiger partial charge in [0.15, 0.2) is 17.5 Å². The van der Waals surface area contributed by atoms with Crippen molar-refractivity contribution in [3.05, 3.63) is 170 Å². The van der Waals surface area contributed by atoms with Gasteiger partial charge in [-0.25, -0.2) is 19.9 Å². The van der Waals surface area contributed by atoms with Gasteiger partial charge in [-0.15, -0.1) is 11.3 Å². The third-order valence-corrected chi connectivity index (χ3v) is 10.7. The first-order valence-corrected chi connectivity index (χ1v) is 17.8. The van der Waals surface area contributed by atoms with Gasteiger partial charge in [0.25, 0.3) is 0 Å². The van der Waals surface area contributed by atoms with Gasteiger partial charge in [0, 0.05) is 58.6 Å². The number of para-hydroxylation sites is 1. The highest BCUT2D eigenvalue weighted by molar-refractivity contribution is 7.27. The van der Waals surface area contributed by atoms with Crippen molar-refractivity contribution in [3.63, 3.8) is 0 Å². The molecule has 0 saturated heterocycles. The minimum Gasteiger partial charge on any atom is -0.247 e. The number of fused-ring (bicyclic) bond motifs is 7. The maximum absolute atomic E-state index is 5.26. The van der Waals surface area contributed by atoms with Crippen LogP contribution in [0.25, 0.3) is 98.4 Å². The van der Waals surface area contributed by atoms with E-state index >= 15 is 0 Å². The number of pyridine rings is 1. The minimum atomic E-state index is 0.643. The molecule has 0 aliphatic carbocycles. The van der Waals surface area contributed by atoms with Crippen LogP contribution >= 0.6 is 11.3 Å². The average molecular weight is 669 g/mol. The van der Waals surface area contributed by atoms with Gasteiger partial charge in [0.1, 0.15) is 0 Å². The lowest BCUT2D eigenvalue weighted by atomic mass is 9.97. The van der Waals surface area contributed by atoms with E-state index in [0.717, 1.165) is 60.8 Å². The fraction of sp³-hybridized carbons (Fsp3) is 0. The molecule has 0 amide bonds. The van der Waals surface area contributed by atoms with Crippen LogP contribution in [-0.4, -0.2) is 19.9 Å².